The van der Waals surface area contributed by atoms with Gasteiger partial charge in [-0.25, -0.2) is 0 Å². The molecule has 2 rings (SSSR count). The molecular formula is C16H20O2. The summed E-state index contributed by atoms with van der Waals surface area (Å²) in [6.45, 7) is 8.18. The van der Waals surface area contributed by atoms with Crippen molar-refractivity contribution >= 4 is 0 Å². The van der Waals surface area contributed by atoms with E-state index in [9.17, 15) is 5.11 Å². The number of benzene rings is 1. The van der Waals surface area contributed by atoms with E-state index in [2.05, 4.69) is 32.9 Å². The van der Waals surface area contributed by atoms with Crippen molar-refractivity contribution in [2.45, 2.75) is 40.2 Å². The van der Waals surface area contributed by atoms with Crippen LogP contribution in [0, 0.1) is 27.7 Å². The van der Waals surface area contributed by atoms with Gasteiger partial charge in [0.25, 0.3) is 0 Å². The summed E-state index contributed by atoms with van der Waals surface area (Å²) in [7, 11) is 0. The van der Waals surface area contributed by atoms with Crippen LogP contribution in [0.3, 0.4) is 0 Å². The Balaban J connectivity index is 2.27. The molecule has 0 radical (unpaired) electrons. The first-order valence-corrected chi connectivity index (χ1v) is 6.28. The van der Waals surface area contributed by atoms with Crippen LogP contribution in [-0.4, -0.2) is 5.11 Å². The van der Waals surface area contributed by atoms with Crippen molar-refractivity contribution in [1.29, 1.82) is 0 Å². The summed E-state index contributed by atoms with van der Waals surface area (Å²) >= 11 is 0. The second-order valence-corrected chi connectivity index (χ2v) is 5.03. The Morgan fingerprint density at radius 2 is 1.72 bits per heavy atom. The number of aliphatic hydroxyl groups excluding tert-OH is 1. The van der Waals surface area contributed by atoms with Crippen LogP contribution in [0.4, 0.5) is 0 Å². The summed E-state index contributed by atoms with van der Waals surface area (Å²) < 4.78 is 5.24. The monoisotopic (exact) mass is 244 g/mol. The minimum Gasteiger partial charge on any atom is -0.469 e. The number of hydrogen-bond donors (Lipinski definition) is 1. The van der Waals surface area contributed by atoms with E-state index in [0.29, 0.717) is 6.42 Å². The highest BCUT2D eigenvalue weighted by atomic mass is 16.3. The molecule has 0 saturated carbocycles. The van der Waals surface area contributed by atoms with Gasteiger partial charge in [-0.15, -0.1) is 0 Å². The first-order valence-electron chi connectivity index (χ1n) is 6.28. The van der Waals surface area contributed by atoms with Gasteiger partial charge in [0, 0.05) is 12.0 Å². The smallest absolute Gasteiger partial charge is 0.106 e. The van der Waals surface area contributed by atoms with Gasteiger partial charge in [-0.2, -0.15) is 0 Å². The molecule has 0 aliphatic carbocycles. The van der Waals surface area contributed by atoms with Crippen LogP contribution in [0.5, 0.6) is 0 Å². The molecule has 0 aliphatic heterocycles. The zero-order valence-electron chi connectivity index (χ0n) is 11.4. The number of aliphatic hydroxyl groups is 1. The van der Waals surface area contributed by atoms with Gasteiger partial charge in [0.15, 0.2) is 0 Å². The Kier molecular flexibility index (Phi) is 3.58. The lowest BCUT2D eigenvalue weighted by Gasteiger charge is -2.15. The minimum atomic E-state index is -0.496. The number of aryl methyl sites for hydroxylation is 4. The zero-order valence-corrected chi connectivity index (χ0v) is 11.4. The summed E-state index contributed by atoms with van der Waals surface area (Å²) in [4.78, 5) is 0. The van der Waals surface area contributed by atoms with E-state index >= 15 is 0 Å². The molecule has 0 saturated heterocycles. The third kappa shape index (κ3) is 2.49. The molecule has 0 aliphatic rings. The summed E-state index contributed by atoms with van der Waals surface area (Å²) in [5.74, 6) is 0.796. The molecule has 96 valence electrons. The van der Waals surface area contributed by atoms with E-state index in [1.165, 1.54) is 22.3 Å². The standard InChI is InChI=1S/C16H20O2/c1-10-7-11(2)15(12(3)8-10)9-16(17)14-5-6-18-13(14)4/h5-8,16-17H,9H2,1-4H3. The summed E-state index contributed by atoms with van der Waals surface area (Å²) in [5, 5.41) is 10.3. The number of rotatable bonds is 3. The first kappa shape index (κ1) is 12.9. The predicted octanol–water partition coefficient (Wildman–Crippen LogP) is 3.79. The predicted molar refractivity (Wildman–Crippen MR) is 72.8 cm³/mol. The Bertz CT molecular complexity index is 529. The topological polar surface area (TPSA) is 33.4 Å². The number of hydrogen-bond acceptors (Lipinski definition) is 2. The Morgan fingerprint density at radius 3 is 2.22 bits per heavy atom. The highest BCUT2D eigenvalue weighted by molar-refractivity contribution is 5.38. The summed E-state index contributed by atoms with van der Waals surface area (Å²) in [5.41, 5.74) is 5.87. The average Bonchev–Trinajstić information content (AvgIpc) is 2.69. The minimum absolute atomic E-state index is 0.496. The van der Waals surface area contributed by atoms with Crippen molar-refractivity contribution in [2.24, 2.45) is 0 Å². The van der Waals surface area contributed by atoms with E-state index in [-0.39, 0.29) is 0 Å². The molecule has 1 heterocycles. The maximum Gasteiger partial charge on any atom is 0.106 e. The molecule has 1 N–H and O–H groups in total. The quantitative estimate of drug-likeness (QED) is 0.891. The second kappa shape index (κ2) is 4.99. The molecule has 0 bridgehead atoms. The molecule has 0 amide bonds. The molecule has 1 unspecified atom stereocenters. The fraction of sp³-hybridized carbons (Fsp3) is 0.375. The lowest BCUT2D eigenvalue weighted by atomic mass is 9.93. The van der Waals surface area contributed by atoms with Crippen molar-refractivity contribution in [1.82, 2.24) is 0 Å². The van der Waals surface area contributed by atoms with Crippen LogP contribution in [-0.2, 0) is 6.42 Å². The van der Waals surface area contributed by atoms with E-state index in [1.807, 2.05) is 13.0 Å². The molecule has 2 nitrogen and oxygen atoms in total. The molecule has 2 heteroatoms. The van der Waals surface area contributed by atoms with Crippen molar-refractivity contribution in [3.05, 3.63) is 58.0 Å². The van der Waals surface area contributed by atoms with Crippen molar-refractivity contribution in [2.75, 3.05) is 0 Å². The number of furan rings is 1. The molecule has 0 spiro atoms. The molecule has 18 heavy (non-hydrogen) atoms. The van der Waals surface area contributed by atoms with E-state index in [4.69, 9.17) is 4.42 Å². The SMILES string of the molecule is Cc1cc(C)c(CC(O)c2ccoc2C)c(C)c1. The van der Waals surface area contributed by atoms with Crippen molar-refractivity contribution in [3.8, 4) is 0 Å². The third-order valence-electron chi connectivity index (χ3n) is 3.50. The van der Waals surface area contributed by atoms with Gasteiger partial charge in [0.05, 0.1) is 12.4 Å². The largest absolute Gasteiger partial charge is 0.469 e. The van der Waals surface area contributed by atoms with Gasteiger partial charge in [-0.1, -0.05) is 17.7 Å². The molecule has 2 aromatic rings. The van der Waals surface area contributed by atoms with Crippen LogP contribution in [0.2, 0.25) is 0 Å². The third-order valence-corrected chi connectivity index (χ3v) is 3.50. The van der Waals surface area contributed by atoms with E-state index < -0.39 is 6.10 Å². The Morgan fingerprint density at radius 1 is 1.11 bits per heavy atom. The molecule has 1 aromatic carbocycles. The lowest BCUT2D eigenvalue weighted by Crippen LogP contribution is -2.05. The van der Waals surface area contributed by atoms with Gasteiger partial charge in [-0.3, -0.25) is 0 Å². The van der Waals surface area contributed by atoms with Crippen LogP contribution in [0.25, 0.3) is 0 Å². The first-order chi connectivity index (χ1) is 8.49. The maximum atomic E-state index is 10.3. The highest BCUT2D eigenvalue weighted by Crippen LogP contribution is 2.26. The molecule has 0 fully saturated rings. The van der Waals surface area contributed by atoms with Crippen molar-refractivity contribution < 1.29 is 9.52 Å². The van der Waals surface area contributed by atoms with E-state index in [1.54, 1.807) is 6.26 Å². The Labute approximate surface area is 108 Å². The zero-order chi connectivity index (χ0) is 13.3. The Hall–Kier alpha value is -1.54. The summed E-state index contributed by atoms with van der Waals surface area (Å²) in [6.07, 6.45) is 1.77. The lowest BCUT2D eigenvalue weighted by molar-refractivity contribution is 0.176. The van der Waals surface area contributed by atoms with Gasteiger partial charge < -0.3 is 9.52 Å². The van der Waals surface area contributed by atoms with Gasteiger partial charge >= 0.3 is 0 Å². The van der Waals surface area contributed by atoms with Crippen LogP contribution < -0.4 is 0 Å². The van der Waals surface area contributed by atoms with Crippen LogP contribution in [0.15, 0.2) is 28.9 Å². The molecular weight excluding hydrogens is 224 g/mol. The highest BCUT2D eigenvalue weighted by Gasteiger charge is 2.15. The second-order valence-electron chi connectivity index (χ2n) is 5.03. The van der Waals surface area contributed by atoms with Gasteiger partial charge in [0.1, 0.15) is 5.76 Å². The molecule has 1 atom stereocenters. The van der Waals surface area contributed by atoms with Crippen LogP contribution >= 0.6 is 0 Å². The van der Waals surface area contributed by atoms with Crippen LogP contribution in [0.1, 0.15) is 39.7 Å². The fourth-order valence-corrected chi connectivity index (χ4v) is 2.58. The fourth-order valence-electron chi connectivity index (χ4n) is 2.58. The normalized spacial score (nSPS) is 12.7. The van der Waals surface area contributed by atoms with Gasteiger partial charge in [0.2, 0.25) is 0 Å². The average molecular weight is 244 g/mol. The molecule has 1 aromatic heterocycles. The van der Waals surface area contributed by atoms with Gasteiger partial charge in [-0.05, 0) is 50.5 Å². The van der Waals surface area contributed by atoms with E-state index in [0.717, 1.165) is 11.3 Å². The summed E-state index contributed by atoms with van der Waals surface area (Å²) in [6, 6.07) is 6.17. The van der Waals surface area contributed by atoms with Crippen molar-refractivity contribution in [3.63, 3.8) is 0 Å². The maximum absolute atomic E-state index is 10.3.